The molecule has 5 nitrogen and oxygen atoms in total. The van der Waals surface area contributed by atoms with Crippen molar-refractivity contribution in [2.45, 2.75) is 19.8 Å². The van der Waals surface area contributed by atoms with Gasteiger partial charge in [-0.3, -0.25) is 4.79 Å². The van der Waals surface area contributed by atoms with Crippen molar-refractivity contribution >= 4 is 33.1 Å². The fourth-order valence-corrected chi connectivity index (χ4v) is 2.59. The molecule has 1 amide bonds. The summed E-state index contributed by atoms with van der Waals surface area (Å²) in [4.78, 5) is 16.0. The molecular formula is C10H18N2O3S2. The van der Waals surface area contributed by atoms with E-state index in [0.29, 0.717) is 19.4 Å². The number of rotatable bonds is 8. The van der Waals surface area contributed by atoms with Crippen LogP contribution < -0.4 is 0 Å². The summed E-state index contributed by atoms with van der Waals surface area (Å²) in [5.41, 5.74) is 0. The van der Waals surface area contributed by atoms with E-state index >= 15 is 0 Å². The molecule has 0 aromatic heterocycles. The van der Waals surface area contributed by atoms with Crippen molar-refractivity contribution < 1.29 is 13.2 Å². The number of hydrogen-bond donors (Lipinski definition) is 0. The average molecular weight is 278 g/mol. The lowest BCUT2D eigenvalue weighted by Crippen LogP contribution is -2.30. The molecule has 0 N–H and O–H groups in total. The van der Waals surface area contributed by atoms with Crippen molar-refractivity contribution in [1.82, 2.24) is 4.90 Å². The molecule has 17 heavy (non-hydrogen) atoms. The van der Waals surface area contributed by atoms with Crippen molar-refractivity contribution in [2.24, 2.45) is 4.99 Å². The first-order valence-corrected chi connectivity index (χ1v) is 7.58. The van der Waals surface area contributed by atoms with E-state index in [1.165, 1.54) is 11.8 Å². The summed E-state index contributed by atoms with van der Waals surface area (Å²) in [5, 5.41) is 2.23. The van der Waals surface area contributed by atoms with E-state index in [-0.39, 0.29) is 24.0 Å². The van der Waals surface area contributed by atoms with E-state index in [2.05, 4.69) is 22.4 Å². The number of hydrogen-bond acceptors (Lipinski definition) is 5. The second-order valence-corrected chi connectivity index (χ2v) is 6.26. The van der Waals surface area contributed by atoms with E-state index in [9.17, 15) is 13.2 Å². The van der Waals surface area contributed by atoms with Crippen LogP contribution in [0, 0.1) is 0 Å². The van der Waals surface area contributed by atoms with Gasteiger partial charge in [0.25, 0.3) is 0 Å². The van der Waals surface area contributed by atoms with Gasteiger partial charge in [0, 0.05) is 27.1 Å². The van der Waals surface area contributed by atoms with Gasteiger partial charge in [0.15, 0.2) is 9.84 Å². The Hall–Kier alpha value is -0.780. The molecule has 0 radical (unpaired) electrons. The van der Waals surface area contributed by atoms with Gasteiger partial charge in [-0.2, -0.15) is 0 Å². The number of thiocarbonyl (C=S) groups is 1. The van der Waals surface area contributed by atoms with Crippen LogP contribution in [0.2, 0.25) is 0 Å². The maximum absolute atomic E-state index is 11.6. The van der Waals surface area contributed by atoms with Gasteiger partial charge >= 0.3 is 0 Å². The normalized spacial score (nSPS) is 10.7. The van der Waals surface area contributed by atoms with E-state index in [4.69, 9.17) is 0 Å². The Bertz CT molecular complexity index is 386. The number of carbonyl (C=O) groups excluding carboxylic acids is 1. The highest BCUT2D eigenvalue weighted by Crippen LogP contribution is 1.99. The number of carbonyl (C=O) groups is 1. The molecule has 7 heteroatoms. The molecule has 0 atom stereocenters. The van der Waals surface area contributed by atoms with Crippen LogP contribution in [0.15, 0.2) is 4.99 Å². The minimum Gasteiger partial charge on any atom is -0.345 e. The van der Waals surface area contributed by atoms with Crippen LogP contribution in [-0.2, 0) is 14.6 Å². The summed E-state index contributed by atoms with van der Waals surface area (Å²) in [7, 11) is -1.49. The molecule has 0 aliphatic carbocycles. The zero-order valence-corrected chi connectivity index (χ0v) is 11.8. The van der Waals surface area contributed by atoms with Crippen LogP contribution >= 0.6 is 12.2 Å². The minimum atomic E-state index is -3.08. The van der Waals surface area contributed by atoms with Crippen molar-refractivity contribution in [2.75, 3.05) is 31.6 Å². The van der Waals surface area contributed by atoms with Crippen molar-refractivity contribution in [3.05, 3.63) is 0 Å². The second kappa shape index (κ2) is 8.33. The first kappa shape index (κ1) is 16.2. The number of unbranched alkanes of at least 4 members (excludes halogenated alkanes) is 1. The number of amides is 1. The molecule has 0 spiro atoms. The van der Waals surface area contributed by atoms with Gasteiger partial charge in [-0.15, -0.1) is 0 Å². The number of nitrogens with zero attached hydrogens (tertiary/aromatic N) is 2. The first-order chi connectivity index (χ1) is 7.89. The summed E-state index contributed by atoms with van der Waals surface area (Å²) < 4.78 is 23.2. The highest BCUT2D eigenvalue weighted by atomic mass is 32.2. The minimum absolute atomic E-state index is 0.0134. The maximum Gasteiger partial charge on any atom is 0.219 e. The topological polar surface area (TPSA) is 66.8 Å². The Morgan fingerprint density at radius 1 is 1.35 bits per heavy atom. The molecular weight excluding hydrogens is 260 g/mol. The zero-order chi connectivity index (χ0) is 13.3. The molecule has 0 saturated heterocycles. The molecule has 0 aromatic carbocycles. The third-order valence-corrected chi connectivity index (χ3v) is 4.16. The van der Waals surface area contributed by atoms with Gasteiger partial charge in [-0.05, 0) is 25.1 Å². The Morgan fingerprint density at radius 3 is 2.53 bits per heavy atom. The summed E-state index contributed by atoms with van der Waals surface area (Å²) in [6.45, 7) is 2.18. The lowest BCUT2D eigenvalue weighted by atomic mass is 10.3. The van der Waals surface area contributed by atoms with Crippen LogP contribution in [0.4, 0.5) is 0 Å². The number of isothiocyanates is 1. The molecule has 0 aliphatic heterocycles. The van der Waals surface area contributed by atoms with Crippen LogP contribution in [-0.4, -0.2) is 56.0 Å². The molecule has 0 aromatic rings. The fraction of sp³-hybridized carbons (Fsp3) is 0.800. The standard InChI is InChI=1S/C10H18N2O3S2/c1-10(13)12(2)6-8-17(14,15)7-4-3-5-11-9-16/h3-8H2,1-2H3. The predicted octanol–water partition coefficient (Wildman–Crippen LogP) is 0.763. The van der Waals surface area contributed by atoms with Crippen molar-refractivity contribution in [3.63, 3.8) is 0 Å². The van der Waals surface area contributed by atoms with Gasteiger partial charge in [0.05, 0.1) is 16.7 Å². The third kappa shape index (κ3) is 8.97. The Balaban J connectivity index is 3.88. The quantitative estimate of drug-likeness (QED) is 0.373. The number of sulfone groups is 1. The smallest absolute Gasteiger partial charge is 0.219 e. The van der Waals surface area contributed by atoms with E-state index < -0.39 is 9.84 Å². The summed E-state index contributed by atoms with van der Waals surface area (Å²) >= 11 is 4.40. The largest absolute Gasteiger partial charge is 0.345 e. The molecule has 0 rings (SSSR count). The van der Waals surface area contributed by atoms with Gasteiger partial charge in [0.2, 0.25) is 5.91 Å². The Morgan fingerprint density at radius 2 is 2.00 bits per heavy atom. The lowest BCUT2D eigenvalue weighted by Gasteiger charge is -2.14. The van der Waals surface area contributed by atoms with E-state index in [1.807, 2.05) is 0 Å². The van der Waals surface area contributed by atoms with Crippen LogP contribution in [0.25, 0.3) is 0 Å². The van der Waals surface area contributed by atoms with Gasteiger partial charge < -0.3 is 4.90 Å². The van der Waals surface area contributed by atoms with Crippen LogP contribution in [0.3, 0.4) is 0 Å². The second-order valence-electron chi connectivity index (χ2n) is 3.77. The number of aliphatic imine (C=N–C) groups is 1. The van der Waals surface area contributed by atoms with Gasteiger partial charge in [0.1, 0.15) is 0 Å². The molecule has 0 bridgehead atoms. The monoisotopic (exact) mass is 278 g/mol. The predicted molar refractivity (Wildman–Crippen MR) is 71.1 cm³/mol. The lowest BCUT2D eigenvalue weighted by molar-refractivity contribution is -0.127. The highest BCUT2D eigenvalue weighted by Gasteiger charge is 2.12. The van der Waals surface area contributed by atoms with E-state index in [0.717, 1.165) is 0 Å². The van der Waals surface area contributed by atoms with Crippen molar-refractivity contribution in [3.8, 4) is 0 Å². The van der Waals surface area contributed by atoms with Crippen LogP contribution in [0.5, 0.6) is 0 Å². The summed E-state index contributed by atoms with van der Waals surface area (Å²) in [5.74, 6) is 0.0149. The molecule has 98 valence electrons. The molecule has 0 saturated carbocycles. The molecule has 0 unspecified atom stereocenters. The van der Waals surface area contributed by atoms with Gasteiger partial charge in [-0.1, -0.05) is 0 Å². The maximum atomic E-state index is 11.6. The molecule has 0 heterocycles. The molecule has 0 fully saturated rings. The Kier molecular flexibility index (Phi) is 7.95. The fourth-order valence-electron chi connectivity index (χ4n) is 1.09. The van der Waals surface area contributed by atoms with E-state index in [1.54, 1.807) is 7.05 Å². The van der Waals surface area contributed by atoms with Crippen LogP contribution in [0.1, 0.15) is 19.8 Å². The SMILES string of the molecule is CC(=O)N(C)CCS(=O)(=O)CCCCN=C=S. The van der Waals surface area contributed by atoms with Gasteiger partial charge in [-0.25, -0.2) is 13.4 Å². The summed E-state index contributed by atoms with van der Waals surface area (Å²) in [6, 6.07) is 0. The molecule has 0 aliphatic rings. The summed E-state index contributed by atoms with van der Waals surface area (Å²) in [6.07, 6.45) is 1.25. The highest BCUT2D eigenvalue weighted by molar-refractivity contribution is 7.91. The van der Waals surface area contributed by atoms with Crippen molar-refractivity contribution in [1.29, 1.82) is 0 Å². The first-order valence-electron chi connectivity index (χ1n) is 5.35. The Labute approximate surface area is 108 Å². The third-order valence-electron chi connectivity index (χ3n) is 2.32. The average Bonchev–Trinajstić information content (AvgIpc) is 2.25. The zero-order valence-electron chi connectivity index (χ0n) is 10.2.